The normalized spacial score (nSPS) is 25.2. The Morgan fingerprint density at radius 1 is 1.14 bits per heavy atom. The molecule has 1 aliphatic heterocycles. The van der Waals surface area contributed by atoms with Gasteiger partial charge in [0.1, 0.15) is 12.1 Å². The molecule has 1 saturated carbocycles. The van der Waals surface area contributed by atoms with Gasteiger partial charge in [-0.2, -0.15) is 0 Å². The number of nitrogens with zero attached hydrogens (tertiary/aromatic N) is 1. The molecule has 3 unspecified atom stereocenters. The lowest BCUT2D eigenvalue weighted by Gasteiger charge is -2.34. The number of carbonyl (C=O) groups excluding carboxylic acids is 2. The Morgan fingerprint density at radius 3 is 2.46 bits per heavy atom. The molecule has 6 nitrogen and oxygen atoms in total. The molecule has 0 radical (unpaired) electrons. The van der Waals surface area contributed by atoms with Crippen molar-refractivity contribution in [3.05, 3.63) is 35.9 Å². The lowest BCUT2D eigenvalue weighted by Crippen LogP contribution is -2.53. The fraction of sp³-hybridized carbons (Fsp3) is 0.591. The Kier molecular flexibility index (Phi) is 6.37. The first-order valence-electron chi connectivity index (χ1n) is 10.3. The number of hydrogen-bond acceptors (Lipinski definition) is 3. The van der Waals surface area contributed by atoms with E-state index in [9.17, 15) is 19.5 Å². The molecule has 1 aromatic rings. The third-order valence-corrected chi connectivity index (χ3v) is 5.97. The van der Waals surface area contributed by atoms with Crippen LogP contribution in [0.4, 0.5) is 0 Å². The highest BCUT2D eigenvalue weighted by atomic mass is 16.4. The lowest BCUT2D eigenvalue weighted by atomic mass is 9.84. The second-order valence-corrected chi connectivity index (χ2v) is 8.47. The molecule has 2 N–H and O–H groups in total. The summed E-state index contributed by atoms with van der Waals surface area (Å²) in [7, 11) is 0. The predicted molar refractivity (Wildman–Crippen MR) is 106 cm³/mol. The van der Waals surface area contributed by atoms with E-state index in [0.29, 0.717) is 24.3 Å². The monoisotopic (exact) mass is 386 g/mol. The Labute approximate surface area is 166 Å². The molecule has 2 amide bonds. The van der Waals surface area contributed by atoms with Gasteiger partial charge in [0.15, 0.2) is 0 Å². The molecule has 3 rings (SSSR count). The SMILES string of the molecule is CC(C)C[C@@H](NC(=O)C1CC2CCCCC2N1C(=O)c1ccccc1)C(=O)O. The lowest BCUT2D eigenvalue weighted by molar-refractivity contribution is -0.142. The van der Waals surface area contributed by atoms with Gasteiger partial charge in [-0.15, -0.1) is 0 Å². The molecule has 2 fully saturated rings. The summed E-state index contributed by atoms with van der Waals surface area (Å²) < 4.78 is 0. The van der Waals surface area contributed by atoms with Crippen LogP contribution < -0.4 is 5.32 Å². The minimum absolute atomic E-state index is 0.0607. The number of hydrogen-bond donors (Lipinski definition) is 2. The van der Waals surface area contributed by atoms with Crippen LogP contribution in [0.15, 0.2) is 30.3 Å². The zero-order chi connectivity index (χ0) is 20.3. The second kappa shape index (κ2) is 8.76. The van der Waals surface area contributed by atoms with Gasteiger partial charge >= 0.3 is 5.97 Å². The van der Waals surface area contributed by atoms with E-state index in [4.69, 9.17) is 0 Å². The third kappa shape index (κ3) is 4.37. The number of carbonyl (C=O) groups is 3. The molecule has 0 bridgehead atoms. The van der Waals surface area contributed by atoms with Gasteiger partial charge in [0.05, 0.1) is 0 Å². The highest BCUT2D eigenvalue weighted by Gasteiger charge is 2.48. The van der Waals surface area contributed by atoms with Gasteiger partial charge in [-0.05, 0) is 49.7 Å². The molecular formula is C22H30N2O4. The number of likely N-dealkylation sites (tertiary alicyclic amines) is 1. The van der Waals surface area contributed by atoms with E-state index in [2.05, 4.69) is 5.32 Å². The van der Waals surface area contributed by atoms with Crippen molar-refractivity contribution in [3.8, 4) is 0 Å². The molecule has 6 heteroatoms. The van der Waals surface area contributed by atoms with Crippen molar-refractivity contribution in [1.82, 2.24) is 10.2 Å². The molecule has 1 saturated heterocycles. The Bertz CT molecular complexity index is 719. The maximum atomic E-state index is 13.2. The minimum Gasteiger partial charge on any atom is -0.480 e. The van der Waals surface area contributed by atoms with Crippen LogP contribution in [0.2, 0.25) is 0 Å². The highest BCUT2D eigenvalue weighted by Crippen LogP contribution is 2.40. The molecule has 2 aliphatic rings. The van der Waals surface area contributed by atoms with Crippen LogP contribution in [-0.2, 0) is 9.59 Å². The van der Waals surface area contributed by atoms with Crippen molar-refractivity contribution in [1.29, 1.82) is 0 Å². The second-order valence-electron chi connectivity index (χ2n) is 8.47. The van der Waals surface area contributed by atoms with Crippen molar-refractivity contribution in [2.45, 2.75) is 70.5 Å². The van der Waals surface area contributed by atoms with Crippen molar-refractivity contribution >= 4 is 17.8 Å². The quantitative estimate of drug-likeness (QED) is 0.787. The summed E-state index contributed by atoms with van der Waals surface area (Å²) in [5.41, 5.74) is 0.573. The third-order valence-electron chi connectivity index (χ3n) is 5.97. The topological polar surface area (TPSA) is 86.7 Å². The fourth-order valence-corrected chi connectivity index (χ4v) is 4.68. The smallest absolute Gasteiger partial charge is 0.326 e. The maximum absolute atomic E-state index is 13.2. The van der Waals surface area contributed by atoms with Crippen LogP contribution >= 0.6 is 0 Å². The largest absolute Gasteiger partial charge is 0.480 e. The first-order valence-corrected chi connectivity index (χ1v) is 10.3. The molecule has 152 valence electrons. The number of carboxylic acids is 1. The zero-order valence-electron chi connectivity index (χ0n) is 16.6. The number of carboxylic acid groups (broad SMARTS) is 1. The first-order chi connectivity index (χ1) is 13.4. The average molecular weight is 386 g/mol. The summed E-state index contributed by atoms with van der Waals surface area (Å²) in [6, 6.07) is 7.57. The molecule has 28 heavy (non-hydrogen) atoms. The number of nitrogens with one attached hydrogen (secondary N) is 1. The van der Waals surface area contributed by atoms with Gasteiger partial charge in [0.25, 0.3) is 5.91 Å². The Balaban J connectivity index is 1.83. The van der Waals surface area contributed by atoms with Gasteiger partial charge in [0.2, 0.25) is 5.91 Å². The van der Waals surface area contributed by atoms with Gasteiger partial charge in [-0.25, -0.2) is 4.79 Å². The summed E-state index contributed by atoms with van der Waals surface area (Å²) in [5, 5.41) is 12.2. The van der Waals surface area contributed by atoms with E-state index >= 15 is 0 Å². The van der Waals surface area contributed by atoms with Crippen LogP contribution in [-0.4, -0.2) is 45.9 Å². The summed E-state index contributed by atoms with van der Waals surface area (Å²) in [6.07, 6.45) is 5.08. The number of aliphatic carboxylic acids is 1. The van der Waals surface area contributed by atoms with E-state index in [1.165, 1.54) is 0 Å². The standard InChI is InChI=1S/C22H30N2O4/c1-14(2)12-17(22(27)28)23-20(25)19-13-16-10-6-7-11-18(16)24(19)21(26)15-8-4-3-5-9-15/h3-5,8-9,14,16-19H,6-7,10-13H2,1-2H3,(H,23,25)(H,27,28)/t16?,17-,18?,19?/m1/s1. The molecular weight excluding hydrogens is 356 g/mol. The van der Waals surface area contributed by atoms with E-state index in [1.807, 2.05) is 32.0 Å². The molecule has 0 aromatic heterocycles. The molecule has 1 aromatic carbocycles. The van der Waals surface area contributed by atoms with Crippen LogP contribution in [0.5, 0.6) is 0 Å². The van der Waals surface area contributed by atoms with Crippen molar-refractivity contribution < 1.29 is 19.5 Å². The number of amides is 2. The maximum Gasteiger partial charge on any atom is 0.326 e. The Morgan fingerprint density at radius 2 is 1.82 bits per heavy atom. The van der Waals surface area contributed by atoms with Gasteiger partial charge in [-0.3, -0.25) is 9.59 Å². The van der Waals surface area contributed by atoms with Crippen molar-refractivity contribution in [3.63, 3.8) is 0 Å². The van der Waals surface area contributed by atoms with Crippen LogP contribution in [0, 0.1) is 11.8 Å². The minimum atomic E-state index is -1.03. The van der Waals surface area contributed by atoms with Crippen molar-refractivity contribution in [2.24, 2.45) is 11.8 Å². The van der Waals surface area contributed by atoms with E-state index in [0.717, 1.165) is 25.7 Å². The zero-order valence-corrected chi connectivity index (χ0v) is 16.6. The molecule has 1 heterocycles. The van der Waals surface area contributed by atoms with E-state index in [-0.39, 0.29) is 23.8 Å². The predicted octanol–water partition coefficient (Wildman–Crippen LogP) is 3.08. The van der Waals surface area contributed by atoms with Crippen molar-refractivity contribution in [2.75, 3.05) is 0 Å². The van der Waals surface area contributed by atoms with Gasteiger partial charge in [0, 0.05) is 11.6 Å². The van der Waals surface area contributed by atoms with E-state index in [1.54, 1.807) is 17.0 Å². The molecule has 4 atom stereocenters. The molecule has 1 aliphatic carbocycles. The summed E-state index contributed by atoms with van der Waals surface area (Å²) in [6.45, 7) is 3.86. The number of fused-ring (bicyclic) bond motifs is 1. The number of benzene rings is 1. The number of rotatable bonds is 6. The van der Waals surface area contributed by atoms with Gasteiger partial charge < -0.3 is 15.3 Å². The average Bonchev–Trinajstić information content (AvgIpc) is 3.06. The summed E-state index contributed by atoms with van der Waals surface area (Å²) in [5.74, 6) is -1.05. The van der Waals surface area contributed by atoms with Crippen LogP contribution in [0.3, 0.4) is 0 Å². The summed E-state index contributed by atoms with van der Waals surface area (Å²) in [4.78, 5) is 39.6. The highest BCUT2D eigenvalue weighted by molar-refractivity contribution is 5.98. The Hall–Kier alpha value is -2.37. The summed E-state index contributed by atoms with van der Waals surface area (Å²) >= 11 is 0. The van der Waals surface area contributed by atoms with Crippen LogP contribution in [0.1, 0.15) is 62.7 Å². The van der Waals surface area contributed by atoms with Gasteiger partial charge in [-0.1, -0.05) is 44.9 Å². The first kappa shape index (κ1) is 20.4. The molecule has 0 spiro atoms. The van der Waals surface area contributed by atoms with E-state index < -0.39 is 18.1 Å². The fourth-order valence-electron chi connectivity index (χ4n) is 4.68. The van der Waals surface area contributed by atoms with Crippen LogP contribution in [0.25, 0.3) is 0 Å².